The van der Waals surface area contributed by atoms with E-state index in [4.69, 9.17) is 11.2 Å². The molecule has 1 aromatic heterocycles. The van der Waals surface area contributed by atoms with Crippen LogP contribution in [0.15, 0.2) is 54.7 Å². The molecule has 0 spiro atoms. The highest BCUT2D eigenvalue weighted by molar-refractivity contribution is 5.71. The molecule has 0 bridgehead atoms. The average Bonchev–Trinajstić information content (AvgIpc) is 2.67. The zero-order valence-electron chi connectivity index (χ0n) is 13.3. The summed E-state index contributed by atoms with van der Waals surface area (Å²) >= 11 is 0. The van der Waals surface area contributed by atoms with Crippen molar-refractivity contribution in [3.63, 3.8) is 0 Å². The molecular weight excluding hydrogens is 318 g/mol. The van der Waals surface area contributed by atoms with Gasteiger partial charge in [-0.25, -0.2) is 9.97 Å². The number of ether oxygens (including phenoxy) is 1. The Labute approximate surface area is 144 Å². The molecule has 3 rings (SSSR count). The summed E-state index contributed by atoms with van der Waals surface area (Å²) in [6.07, 6.45) is 7.22. The predicted octanol–water partition coefficient (Wildman–Crippen LogP) is 3.71. The van der Waals surface area contributed by atoms with Gasteiger partial charge in [0.15, 0.2) is 5.82 Å². The maximum absolute atomic E-state index is 10.8. The second kappa shape index (κ2) is 6.81. The molecule has 0 aliphatic carbocycles. The largest absolute Gasteiger partial charge is 0.497 e. The number of hydrogen-bond donors (Lipinski definition) is 0. The van der Waals surface area contributed by atoms with Gasteiger partial charge in [-0.15, -0.1) is 6.42 Å². The van der Waals surface area contributed by atoms with Crippen LogP contribution in [0, 0.1) is 22.5 Å². The highest BCUT2D eigenvalue weighted by atomic mass is 16.6. The lowest BCUT2D eigenvalue weighted by molar-refractivity contribution is -0.384. The van der Waals surface area contributed by atoms with Crippen molar-refractivity contribution in [1.29, 1.82) is 0 Å². The Hall–Kier alpha value is -3.72. The van der Waals surface area contributed by atoms with Crippen molar-refractivity contribution in [2.24, 2.45) is 0 Å². The third kappa shape index (κ3) is 3.31. The minimum absolute atomic E-state index is 0.0155. The number of nitrogens with zero attached hydrogens (tertiary/aromatic N) is 3. The van der Waals surface area contributed by atoms with Gasteiger partial charge in [0.1, 0.15) is 11.4 Å². The van der Waals surface area contributed by atoms with Gasteiger partial charge in [-0.05, 0) is 47.9 Å². The molecule has 0 amide bonds. The lowest BCUT2D eigenvalue weighted by atomic mass is 10.0. The van der Waals surface area contributed by atoms with Gasteiger partial charge >= 0.3 is 0 Å². The maximum Gasteiger partial charge on any atom is 0.269 e. The Bertz CT molecular complexity index is 959. The monoisotopic (exact) mass is 331 g/mol. The number of terminal acetylenes is 1. The van der Waals surface area contributed by atoms with Crippen LogP contribution < -0.4 is 4.74 Å². The van der Waals surface area contributed by atoms with E-state index in [9.17, 15) is 10.1 Å². The Balaban J connectivity index is 1.99. The van der Waals surface area contributed by atoms with Crippen LogP contribution in [-0.2, 0) is 0 Å². The van der Waals surface area contributed by atoms with Gasteiger partial charge in [-0.3, -0.25) is 10.1 Å². The van der Waals surface area contributed by atoms with Crippen molar-refractivity contribution < 1.29 is 9.66 Å². The van der Waals surface area contributed by atoms with E-state index < -0.39 is 4.92 Å². The fraction of sp³-hybridized carbons (Fsp3) is 0.0526. The highest BCUT2D eigenvalue weighted by Gasteiger charge is 2.11. The van der Waals surface area contributed by atoms with E-state index in [2.05, 4.69) is 15.9 Å². The first-order valence-electron chi connectivity index (χ1n) is 7.35. The minimum atomic E-state index is -0.449. The van der Waals surface area contributed by atoms with Crippen molar-refractivity contribution in [3.8, 4) is 40.6 Å². The molecule has 0 radical (unpaired) electrons. The fourth-order valence-electron chi connectivity index (χ4n) is 2.34. The van der Waals surface area contributed by atoms with Gasteiger partial charge in [0.05, 0.1) is 12.0 Å². The third-order valence-electron chi connectivity index (χ3n) is 3.66. The number of aromatic nitrogens is 2. The van der Waals surface area contributed by atoms with Gasteiger partial charge in [0.2, 0.25) is 0 Å². The van der Waals surface area contributed by atoms with E-state index in [-0.39, 0.29) is 5.69 Å². The molecule has 0 aliphatic rings. The lowest BCUT2D eigenvalue weighted by Crippen LogP contribution is -1.96. The zero-order chi connectivity index (χ0) is 17.8. The van der Waals surface area contributed by atoms with Gasteiger partial charge < -0.3 is 4.74 Å². The van der Waals surface area contributed by atoms with Gasteiger partial charge in [0.25, 0.3) is 5.69 Å². The van der Waals surface area contributed by atoms with E-state index in [1.165, 1.54) is 12.1 Å². The SMILES string of the molecule is C#Cc1nc(-c2ccc(OC)cc2)ncc1-c1ccc([N+](=O)[O-])cc1. The highest BCUT2D eigenvalue weighted by Crippen LogP contribution is 2.26. The number of methoxy groups -OCH3 is 1. The summed E-state index contributed by atoms with van der Waals surface area (Å²) in [5.41, 5.74) is 2.62. The van der Waals surface area contributed by atoms with Gasteiger partial charge in [-0.1, -0.05) is 0 Å². The third-order valence-corrected chi connectivity index (χ3v) is 3.66. The molecule has 6 heteroatoms. The summed E-state index contributed by atoms with van der Waals surface area (Å²) < 4.78 is 5.13. The topological polar surface area (TPSA) is 78.2 Å². The molecule has 0 unspecified atom stereocenters. The predicted molar refractivity (Wildman–Crippen MR) is 94.0 cm³/mol. The molecule has 0 aliphatic heterocycles. The Morgan fingerprint density at radius 3 is 2.28 bits per heavy atom. The molecule has 2 aromatic carbocycles. The smallest absolute Gasteiger partial charge is 0.269 e. The minimum Gasteiger partial charge on any atom is -0.497 e. The first-order valence-corrected chi connectivity index (χ1v) is 7.35. The number of nitro benzene ring substituents is 1. The van der Waals surface area contributed by atoms with Crippen LogP contribution in [0.1, 0.15) is 5.69 Å². The lowest BCUT2D eigenvalue weighted by Gasteiger charge is -2.07. The number of rotatable bonds is 4. The molecule has 0 saturated heterocycles. The molecule has 122 valence electrons. The van der Waals surface area contributed by atoms with Crippen molar-refractivity contribution in [1.82, 2.24) is 9.97 Å². The van der Waals surface area contributed by atoms with E-state index in [1.807, 2.05) is 24.3 Å². The normalized spacial score (nSPS) is 10.1. The van der Waals surface area contributed by atoms with E-state index in [1.54, 1.807) is 25.4 Å². The van der Waals surface area contributed by atoms with Crippen molar-refractivity contribution in [3.05, 3.63) is 70.5 Å². The average molecular weight is 331 g/mol. The van der Waals surface area contributed by atoms with Crippen LogP contribution in [-0.4, -0.2) is 22.0 Å². The summed E-state index contributed by atoms with van der Waals surface area (Å²) in [4.78, 5) is 19.1. The first kappa shape index (κ1) is 16.1. The van der Waals surface area contributed by atoms with E-state index in [0.29, 0.717) is 17.1 Å². The van der Waals surface area contributed by atoms with E-state index in [0.717, 1.165) is 16.9 Å². The van der Waals surface area contributed by atoms with E-state index >= 15 is 0 Å². The summed E-state index contributed by atoms with van der Waals surface area (Å²) in [5.74, 6) is 3.79. The maximum atomic E-state index is 10.8. The fourth-order valence-corrected chi connectivity index (χ4v) is 2.34. The number of nitro groups is 1. The molecule has 0 N–H and O–H groups in total. The van der Waals surface area contributed by atoms with Gasteiger partial charge in [-0.2, -0.15) is 0 Å². The summed E-state index contributed by atoms with van der Waals surface area (Å²) in [7, 11) is 1.60. The first-order chi connectivity index (χ1) is 12.1. The molecule has 1 heterocycles. The molecule has 0 fully saturated rings. The Kier molecular flexibility index (Phi) is 4.40. The van der Waals surface area contributed by atoms with Crippen LogP contribution in [0.4, 0.5) is 5.69 Å². The molecule has 3 aromatic rings. The summed E-state index contributed by atoms with van der Waals surface area (Å²) in [6, 6.07) is 13.4. The molecular formula is C19H13N3O3. The Morgan fingerprint density at radius 1 is 1.08 bits per heavy atom. The number of hydrogen-bond acceptors (Lipinski definition) is 5. The second-order valence-electron chi connectivity index (χ2n) is 5.13. The van der Waals surface area contributed by atoms with Crippen LogP contribution in [0.3, 0.4) is 0 Å². The molecule has 25 heavy (non-hydrogen) atoms. The quantitative estimate of drug-likeness (QED) is 0.414. The molecule has 0 saturated carbocycles. The van der Waals surface area contributed by atoms with Gasteiger partial charge in [0, 0.05) is 29.5 Å². The standard InChI is InChI=1S/C19H13N3O3/c1-3-18-17(13-4-8-15(9-5-13)22(23)24)12-20-19(21-18)14-6-10-16(25-2)11-7-14/h1,4-12H,2H3. The number of benzene rings is 2. The van der Waals surface area contributed by atoms with Crippen molar-refractivity contribution in [2.45, 2.75) is 0 Å². The van der Waals surface area contributed by atoms with Crippen LogP contribution in [0.5, 0.6) is 5.75 Å². The summed E-state index contributed by atoms with van der Waals surface area (Å²) in [6.45, 7) is 0. The second-order valence-corrected chi connectivity index (χ2v) is 5.13. The van der Waals surface area contributed by atoms with Crippen LogP contribution >= 0.6 is 0 Å². The summed E-state index contributed by atoms with van der Waals surface area (Å²) in [5, 5.41) is 10.8. The van der Waals surface area contributed by atoms with Crippen molar-refractivity contribution >= 4 is 5.69 Å². The Morgan fingerprint density at radius 2 is 1.72 bits per heavy atom. The molecule has 6 nitrogen and oxygen atoms in total. The zero-order valence-corrected chi connectivity index (χ0v) is 13.3. The van der Waals surface area contributed by atoms with Crippen molar-refractivity contribution in [2.75, 3.05) is 7.11 Å². The molecule has 0 atom stereocenters. The van der Waals surface area contributed by atoms with Crippen LogP contribution in [0.2, 0.25) is 0 Å². The number of non-ortho nitro benzene ring substituents is 1. The van der Waals surface area contributed by atoms with Crippen LogP contribution in [0.25, 0.3) is 22.5 Å².